The number of hydrogen-bond donors (Lipinski definition) is 4. The number of urea groups is 1. The summed E-state index contributed by atoms with van der Waals surface area (Å²) in [5.41, 5.74) is -0.195. The van der Waals surface area contributed by atoms with Crippen LogP contribution in [0.3, 0.4) is 0 Å². The predicted molar refractivity (Wildman–Crippen MR) is 66.7 cm³/mol. The van der Waals surface area contributed by atoms with E-state index in [9.17, 15) is 19.1 Å². The maximum atomic E-state index is 13.3. The van der Waals surface area contributed by atoms with E-state index < -0.39 is 30.0 Å². The molecular formula is C11H12ClFN2O4. The lowest BCUT2D eigenvalue weighted by atomic mass is 10.2. The molecule has 19 heavy (non-hydrogen) atoms. The van der Waals surface area contributed by atoms with E-state index in [0.29, 0.717) is 0 Å². The summed E-state index contributed by atoms with van der Waals surface area (Å²) in [6.07, 6.45) is -1.30. The van der Waals surface area contributed by atoms with Crippen LogP contribution in [0.5, 0.6) is 0 Å². The summed E-state index contributed by atoms with van der Waals surface area (Å²) >= 11 is 5.63. The minimum Gasteiger partial charge on any atom is -0.480 e. The number of amides is 2. The molecule has 4 N–H and O–H groups in total. The average Bonchev–Trinajstić information content (AvgIpc) is 2.30. The van der Waals surface area contributed by atoms with Gasteiger partial charge in [0.15, 0.2) is 6.04 Å². The zero-order valence-electron chi connectivity index (χ0n) is 9.85. The van der Waals surface area contributed by atoms with Gasteiger partial charge >= 0.3 is 12.0 Å². The molecule has 1 aromatic carbocycles. The van der Waals surface area contributed by atoms with Gasteiger partial charge in [0.1, 0.15) is 5.82 Å². The number of anilines is 1. The Bertz CT molecular complexity index is 496. The first-order valence-corrected chi connectivity index (χ1v) is 5.62. The van der Waals surface area contributed by atoms with Gasteiger partial charge in [-0.2, -0.15) is 0 Å². The van der Waals surface area contributed by atoms with Gasteiger partial charge in [0, 0.05) is 5.02 Å². The number of nitrogens with one attached hydrogen (secondary N) is 2. The van der Waals surface area contributed by atoms with Crippen molar-refractivity contribution in [1.29, 1.82) is 0 Å². The Labute approximate surface area is 113 Å². The van der Waals surface area contributed by atoms with Crippen molar-refractivity contribution in [3.05, 3.63) is 29.0 Å². The highest BCUT2D eigenvalue weighted by molar-refractivity contribution is 6.30. The van der Waals surface area contributed by atoms with Crippen LogP contribution in [0.25, 0.3) is 0 Å². The standard InChI is InChI=1S/C11H12ClFN2O4/c1-5(16)9(10(17)18)15-11(19)14-8-4-6(12)2-3-7(8)13/h2-5,9,16H,1H3,(H,17,18)(H2,14,15,19)/t5-,9+/m1/s1. The zero-order chi connectivity index (χ0) is 14.6. The van der Waals surface area contributed by atoms with E-state index in [1.165, 1.54) is 19.1 Å². The van der Waals surface area contributed by atoms with Crippen LogP contribution >= 0.6 is 11.6 Å². The van der Waals surface area contributed by atoms with Gasteiger partial charge in [0.25, 0.3) is 0 Å². The minimum atomic E-state index is -1.50. The molecule has 0 saturated carbocycles. The van der Waals surface area contributed by atoms with E-state index in [1.54, 1.807) is 0 Å². The molecule has 0 saturated heterocycles. The van der Waals surface area contributed by atoms with Crippen molar-refractivity contribution in [2.24, 2.45) is 0 Å². The number of benzene rings is 1. The molecule has 0 heterocycles. The average molecular weight is 291 g/mol. The summed E-state index contributed by atoms with van der Waals surface area (Å²) in [6.45, 7) is 1.21. The van der Waals surface area contributed by atoms with Crippen molar-refractivity contribution in [2.75, 3.05) is 5.32 Å². The maximum absolute atomic E-state index is 13.3. The Kier molecular flexibility index (Phi) is 5.08. The first-order valence-electron chi connectivity index (χ1n) is 5.24. The van der Waals surface area contributed by atoms with Crippen LogP contribution in [0.4, 0.5) is 14.9 Å². The number of aliphatic hydroxyl groups excluding tert-OH is 1. The molecule has 0 aromatic heterocycles. The van der Waals surface area contributed by atoms with Crippen molar-refractivity contribution in [3.63, 3.8) is 0 Å². The van der Waals surface area contributed by atoms with E-state index >= 15 is 0 Å². The predicted octanol–water partition coefficient (Wildman–Crippen LogP) is 1.43. The van der Waals surface area contributed by atoms with E-state index in [0.717, 1.165) is 6.07 Å². The lowest BCUT2D eigenvalue weighted by Crippen LogP contribution is -2.49. The summed E-state index contributed by atoms with van der Waals surface area (Å²) in [5.74, 6) is -2.12. The molecule has 2 amide bonds. The number of carboxylic acids is 1. The molecule has 0 radical (unpaired) electrons. The van der Waals surface area contributed by atoms with Gasteiger partial charge in [0.2, 0.25) is 0 Å². The van der Waals surface area contributed by atoms with Gasteiger partial charge in [-0.1, -0.05) is 11.6 Å². The largest absolute Gasteiger partial charge is 0.480 e. The second kappa shape index (κ2) is 6.35. The molecule has 1 rings (SSSR count). The van der Waals surface area contributed by atoms with E-state index in [2.05, 4.69) is 5.32 Å². The number of aliphatic carboxylic acids is 1. The van der Waals surface area contributed by atoms with Gasteiger partial charge in [-0.05, 0) is 25.1 Å². The molecule has 1 aromatic rings. The molecule has 8 heteroatoms. The third-order valence-corrected chi connectivity index (χ3v) is 2.45. The van der Waals surface area contributed by atoms with Crippen LogP contribution in [-0.2, 0) is 4.79 Å². The Hall–Kier alpha value is -1.86. The fourth-order valence-corrected chi connectivity index (χ4v) is 1.45. The molecule has 0 aliphatic heterocycles. The molecule has 104 valence electrons. The van der Waals surface area contributed by atoms with Crippen LogP contribution in [-0.4, -0.2) is 34.4 Å². The summed E-state index contributed by atoms with van der Waals surface area (Å²) < 4.78 is 13.3. The van der Waals surface area contributed by atoms with E-state index in [-0.39, 0.29) is 10.7 Å². The van der Waals surface area contributed by atoms with Crippen LogP contribution in [0, 0.1) is 5.82 Å². The maximum Gasteiger partial charge on any atom is 0.328 e. The Morgan fingerprint density at radius 1 is 1.42 bits per heavy atom. The summed E-state index contributed by atoms with van der Waals surface area (Å²) in [5, 5.41) is 22.3. The molecule has 2 atom stereocenters. The highest BCUT2D eigenvalue weighted by Crippen LogP contribution is 2.19. The number of aliphatic hydroxyl groups is 1. The van der Waals surface area contributed by atoms with Crippen molar-refractivity contribution in [2.45, 2.75) is 19.1 Å². The molecule has 0 spiro atoms. The summed E-state index contributed by atoms with van der Waals surface area (Å²) in [7, 11) is 0. The second-order valence-electron chi connectivity index (χ2n) is 3.78. The van der Waals surface area contributed by atoms with Crippen molar-refractivity contribution in [1.82, 2.24) is 5.32 Å². The third kappa shape index (κ3) is 4.38. The number of carbonyl (C=O) groups is 2. The van der Waals surface area contributed by atoms with Gasteiger partial charge < -0.3 is 20.8 Å². The number of hydrogen-bond acceptors (Lipinski definition) is 3. The number of halogens is 2. The van der Waals surface area contributed by atoms with E-state index in [1.807, 2.05) is 5.32 Å². The van der Waals surface area contributed by atoms with Gasteiger partial charge in [-0.25, -0.2) is 14.0 Å². The SMILES string of the molecule is C[C@@H](O)[C@H](NC(=O)Nc1cc(Cl)ccc1F)C(=O)O. The first kappa shape index (κ1) is 15.2. The quantitative estimate of drug-likeness (QED) is 0.674. The molecule has 0 fully saturated rings. The Morgan fingerprint density at radius 2 is 2.05 bits per heavy atom. The van der Waals surface area contributed by atoms with Crippen LogP contribution < -0.4 is 10.6 Å². The molecular weight excluding hydrogens is 279 g/mol. The highest BCUT2D eigenvalue weighted by Gasteiger charge is 2.25. The third-order valence-electron chi connectivity index (χ3n) is 2.21. The normalized spacial score (nSPS) is 13.5. The first-order chi connectivity index (χ1) is 8.81. The summed E-state index contributed by atoms with van der Waals surface area (Å²) in [4.78, 5) is 22.2. The molecule has 6 nitrogen and oxygen atoms in total. The topological polar surface area (TPSA) is 98.7 Å². The monoisotopic (exact) mass is 290 g/mol. The van der Waals surface area contributed by atoms with Crippen LogP contribution in [0.2, 0.25) is 5.02 Å². The van der Waals surface area contributed by atoms with Crippen LogP contribution in [0.15, 0.2) is 18.2 Å². The number of rotatable bonds is 4. The Morgan fingerprint density at radius 3 is 2.58 bits per heavy atom. The molecule has 0 aliphatic rings. The smallest absolute Gasteiger partial charge is 0.328 e. The lowest BCUT2D eigenvalue weighted by Gasteiger charge is -2.17. The number of carbonyl (C=O) groups excluding carboxylic acids is 1. The minimum absolute atomic E-state index is 0.195. The molecule has 0 unspecified atom stereocenters. The fourth-order valence-electron chi connectivity index (χ4n) is 1.28. The fraction of sp³-hybridized carbons (Fsp3) is 0.273. The van der Waals surface area contributed by atoms with Crippen molar-refractivity contribution in [3.8, 4) is 0 Å². The van der Waals surface area contributed by atoms with Gasteiger partial charge in [0.05, 0.1) is 11.8 Å². The molecule has 0 aliphatic carbocycles. The second-order valence-corrected chi connectivity index (χ2v) is 4.22. The van der Waals surface area contributed by atoms with E-state index in [4.69, 9.17) is 16.7 Å². The molecule has 0 bridgehead atoms. The van der Waals surface area contributed by atoms with Crippen molar-refractivity contribution < 1.29 is 24.2 Å². The highest BCUT2D eigenvalue weighted by atomic mass is 35.5. The van der Waals surface area contributed by atoms with Crippen molar-refractivity contribution >= 4 is 29.3 Å². The Balaban J connectivity index is 2.74. The van der Waals surface area contributed by atoms with Gasteiger partial charge in [-0.15, -0.1) is 0 Å². The van der Waals surface area contributed by atoms with Gasteiger partial charge in [-0.3, -0.25) is 0 Å². The van der Waals surface area contributed by atoms with Crippen LogP contribution in [0.1, 0.15) is 6.92 Å². The lowest BCUT2D eigenvalue weighted by molar-refractivity contribution is -0.141. The number of carboxylic acid groups (broad SMARTS) is 1. The zero-order valence-corrected chi connectivity index (χ0v) is 10.6. The summed E-state index contributed by atoms with van der Waals surface area (Å²) in [6, 6.07) is 1.07.